The van der Waals surface area contributed by atoms with E-state index in [2.05, 4.69) is 5.32 Å². The lowest BCUT2D eigenvalue weighted by atomic mass is 10.2. The molecule has 4 nitrogen and oxygen atoms in total. The van der Waals surface area contributed by atoms with Crippen molar-refractivity contribution >= 4 is 6.03 Å². The number of amides is 2. The van der Waals surface area contributed by atoms with Gasteiger partial charge in [-0.2, -0.15) is 0 Å². The van der Waals surface area contributed by atoms with E-state index in [0.717, 1.165) is 51.9 Å². The fourth-order valence-corrected chi connectivity index (χ4v) is 2.60. The maximum atomic E-state index is 11.9. The Morgan fingerprint density at radius 2 is 1.94 bits per heavy atom. The molecule has 2 heterocycles. The fraction of sp³-hybridized carbons (Fsp3) is 0.923. The number of carbonyl (C=O) groups is 1. The van der Waals surface area contributed by atoms with E-state index in [4.69, 9.17) is 4.74 Å². The molecular weight excluding hydrogens is 216 g/mol. The van der Waals surface area contributed by atoms with Gasteiger partial charge in [0.05, 0.1) is 6.10 Å². The summed E-state index contributed by atoms with van der Waals surface area (Å²) >= 11 is 0. The predicted molar refractivity (Wildman–Crippen MR) is 67.0 cm³/mol. The molecule has 0 spiro atoms. The van der Waals surface area contributed by atoms with Crippen LogP contribution in [-0.4, -0.2) is 43.3 Å². The van der Waals surface area contributed by atoms with Crippen molar-refractivity contribution < 1.29 is 9.53 Å². The fourth-order valence-electron chi connectivity index (χ4n) is 2.60. The molecule has 4 heteroatoms. The summed E-state index contributed by atoms with van der Waals surface area (Å²) < 4.78 is 5.54. The van der Waals surface area contributed by atoms with Crippen molar-refractivity contribution in [1.29, 1.82) is 0 Å². The molecule has 2 aliphatic rings. The van der Waals surface area contributed by atoms with Gasteiger partial charge in [-0.15, -0.1) is 0 Å². The Balaban J connectivity index is 1.61. The van der Waals surface area contributed by atoms with Crippen LogP contribution in [-0.2, 0) is 4.74 Å². The van der Waals surface area contributed by atoms with E-state index in [-0.39, 0.29) is 6.03 Å². The number of hydrogen-bond acceptors (Lipinski definition) is 2. The Morgan fingerprint density at radius 1 is 1.18 bits per heavy atom. The highest BCUT2D eigenvalue weighted by atomic mass is 16.5. The van der Waals surface area contributed by atoms with Crippen molar-refractivity contribution in [3.63, 3.8) is 0 Å². The van der Waals surface area contributed by atoms with Gasteiger partial charge in [-0.25, -0.2) is 4.79 Å². The molecular formula is C13H24N2O2. The van der Waals surface area contributed by atoms with Gasteiger partial charge >= 0.3 is 6.03 Å². The van der Waals surface area contributed by atoms with Crippen molar-refractivity contribution in [2.24, 2.45) is 0 Å². The van der Waals surface area contributed by atoms with E-state index in [1.54, 1.807) is 0 Å². The third kappa shape index (κ3) is 4.19. The second-order valence-electron chi connectivity index (χ2n) is 5.06. The van der Waals surface area contributed by atoms with E-state index in [9.17, 15) is 4.79 Å². The molecule has 2 amide bonds. The predicted octanol–water partition coefficient (Wildman–Crippen LogP) is 2.14. The Kier molecular flexibility index (Phi) is 5.10. The first-order valence-corrected chi connectivity index (χ1v) is 7.00. The number of urea groups is 1. The third-order valence-electron chi connectivity index (χ3n) is 3.66. The van der Waals surface area contributed by atoms with Crippen molar-refractivity contribution in [2.75, 3.05) is 26.2 Å². The van der Waals surface area contributed by atoms with Crippen molar-refractivity contribution in [1.82, 2.24) is 10.2 Å². The molecule has 2 aliphatic heterocycles. The van der Waals surface area contributed by atoms with E-state index < -0.39 is 0 Å². The highest BCUT2D eigenvalue weighted by molar-refractivity contribution is 5.74. The van der Waals surface area contributed by atoms with Gasteiger partial charge in [0.25, 0.3) is 0 Å². The van der Waals surface area contributed by atoms with Crippen molar-refractivity contribution in [2.45, 2.75) is 51.0 Å². The summed E-state index contributed by atoms with van der Waals surface area (Å²) in [4.78, 5) is 13.9. The van der Waals surface area contributed by atoms with Crippen molar-refractivity contribution in [3.8, 4) is 0 Å². The Morgan fingerprint density at radius 3 is 2.59 bits per heavy atom. The SMILES string of the molecule is O=C(NCCC1CCCO1)N1CCCCCC1. The summed E-state index contributed by atoms with van der Waals surface area (Å²) in [6.07, 6.45) is 8.49. The van der Waals surface area contributed by atoms with Gasteiger partial charge in [-0.1, -0.05) is 12.8 Å². The molecule has 0 aromatic heterocycles. The molecule has 0 bridgehead atoms. The van der Waals surface area contributed by atoms with Gasteiger partial charge < -0.3 is 15.0 Å². The first kappa shape index (κ1) is 12.7. The topological polar surface area (TPSA) is 41.6 Å². The van der Waals surface area contributed by atoms with Crippen LogP contribution in [0.2, 0.25) is 0 Å². The number of carbonyl (C=O) groups excluding carboxylic acids is 1. The standard InChI is InChI=1S/C13H24N2O2/c16-13(15-9-3-1-2-4-10-15)14-8-7-12-6-5-11-17-12/h12H,1-11H2,(H,14,16). The number of ether oxygens (including phenoxy) is 1. The molecule has 2 rings (SSSR count). The highest BCUT2D eigenvalue weighted by Gasteiger charge is 2.17. The maximum Gasteiger partial charge on any atom is 0.317 e. The zero-order valence-corrected chi connectivity index (χ0v) is 10.6. The monoisotopic (exact) mass is 240 g/mol. The maximum absolute atomic E-state index is 11.9. The summed E-state index contributed by atoms with van der Waals surface area (Å²) in [5.41, 5.74) is 0. The molecule has 1 atom stereocenters. The summed E-state index contributed by atoms with van der Waals surface area (Å²) in [6, 6.07) is 0.116. The van der Waals surface area contributed by atoms with Gasteiger partial charge in [0, 0.05) is 26.2 Å². The molecule has 2 fully saturated rings. The van der Waals surface area contributed by atoms with E-state index >= 15 is 0 Å². The summed E-state index contributed by atoms with van der Waals surface area (Å²) in [5, 5.41) is 3.01. The summed E-state index contributed by atoms with van der Waals surface area (Å²) in [6.45, 7) is 3.49. The average Bonchev–Trinajstić information content (AvgIpc) is 2.69. The Hall–Kier alpha value is -0.770. The number of nitrogens with one attached hydrogen (secondary N) is 1. The number of hydrogen-bond donors (Lipinski definition) is 1. The molecule has 0 aromatic carbocycles. The molecule has 1 N–H and O–H groups in total. The van der Waals surface area contributed by atoms with Crippen LogP contribution in [0.5, 0.6) is 0 Å². The molecule has 0 aromatic rings. The van der Waals surface area contributed by atoms with Crippen LogP contribution in [0.3, 0.4) is 0 Å². The van der Waals surface area contributed by atoms with E-state index in [1.165, 1.54) is 19.3 Å². The summed E-state index contributed by atoms with van der Waals surface area (Å²) in [7, 11) is 0. The lowest BCUT2D eigenvalue weighted by molar-refractivity contribution is 0.104. The van der Waals surface area contributed by atoms with Crippen LogP contribution in [0, 0.1) is 0 Å². The first-order valence-electron chi connectivity index (χ1n) is 7.00. The Labute approximate surface area is 104 Å². The number of rotatable bonds is 3. The molecule has 0 saturated carbocycles. The smallest absolute Gasteiger partial charge is 0.317 e. The minimum absolute atomic E-state index is 0.116. The van der Waals surface area contributed by atoms with Gasteiger partial charge in [-0.05, 0) is 32.1 Å². The normalized spacial score (nSPS) is 25.6. The molecule has 0 aliphatic carbocycles. The van der Waals surface area contributed by atoms with E-state index in [0.29, 0.717) is 6.10 Å². The Bertz CT molecular complexity index is 232. The molecule has 1 unspecified atom stereocenters. The largest absolute Gasteiger partial charge is 0.378 e. The van der Waals surface area contributed by atoms with Crippen LogP contribution in [0.1, 0.15) is 44.9 Å². The van der Waals surface area contributed by atoms with Gasteiger partial charge in [-0.3, -0.25) is 0 Å². The van der Waals surface area contributed by atoms with Gasteiger partial charge in [0.2, 0.25) is 0 Å². The van der Waals surface area contributed by atoms with Crippen molar-refractivity contribution in [3.05, 3.63) is 0 Å². The lowest BCUT2D eigenvalue weighted by Crippen LogP contribution is -2.41. The lowest BCUT2D eigenvalue weighted by Gasteiger charge is -2.21. The first-order chi connectivity index (χ1) is 8.36. The highest BCUT2D eigenvalue weighted by Crippen LogP contribution is 2.14. The summed E-state index contributed by atoms with van der Waals surface area (Å²) in [5.74, 6) is 0. The van der Waals surface area contributed by atoms with Gasteiger partial charge in [0.15, 0.2) is 0 Å². The number of likely N-dealkylation sites (tertiary alicyclic amines) is 1. The molecule has 98 valence electrons. The molecule has 0 radical (unpaired) electrons. The number of nitrogens with zero attached hydrogens (tertiary/aromatic N) is 1. The quantitative estimate of drug-likeness (QED) is 0.821. The van der Waals surface area contributed by atoms with Crippen LogP contribution < -0.4 is 5.32 Å². The second kappa shape index (κ2) is 6.84. The van der Waals surface area contributed by atoms with E-state index in [1.807, 2.05) is 4.90 Å². The third-order valence-corrected chi connectivity index (χ3v) is 3.66. The molecule has 2 saturated heterocycles. The molecule has 17 heavy (non-hydrogen) atoms. The average molecular weight is 240 g/mol. The zero-order chi connectivity index (χ0) is 11.9. The van der Waals surface area contributed by atoms with Crippen LogP contribution in [0.15, 0.2) is 0 Å². The minimum atomic E-state index is 0.116. The van der Waals surface area contributed by atoms with Gasteiger partial charge in [0.1, 0.15) is 0 Å². The van der Waals surface area contributed by atoms with Crippen LogP contribution in [0.4, 0.5) is 4.79 Å². The van der Waals surface area contributed by atoms with Crippen LogP contribution >= 0.6 is 0 Å². The minimum Gasteiger partial charge on any atom is -0.378 e. The zero-order valence-electron chi connectivity index (χ0n) is 10.6. The van der Waals surface area contributed by atoms with Crippen LogP contribution in [0.25, 0.3) is 0 Å². The second-order valence-corrected chi connectivity index (χ2v) is 5.06.